The number of esters is 1. The number of carbonyl (C=O) groups is 3. The fourth-order valence-electron chi connectivity index (χ4n) is 3.98. The summed E-state index contributed by atoms with van der Waals surface area (Å²) in [4.78, 5) is 42.6. The smallest absolute Gasteiger partial charge is 0.410 e. The summed E-state index contributed by atoms with van der Waals surface area (Å²) in [5.74, 6) is -0.712. The molecule has 33 heavy (non-hydrogen) atoms. The molecule has 1 aromatic rings. The van der Waals surface area contributed by atoms with Gasteiger partial charge in [-0.25, -0.2) is 9.59 Å². The molecule has 1 saturated heterocycles. The van der Waals surface area contributed by atoms with Crippen molar-refractivity contribution < 1.29 is 23.9 Å². The summed E-state index contributed by atoms with van der Waals surface area (Å²) in [6, 6.07) is 4.79. The van der Waals surface area contributed by atoms with Crippen LogP contribution in [0.4, 0.5) is 4.79 Å². The number of hydrogen-bond acceptors (Lipinski definition) is 6. The molecular weight excluding hydrogens is 468 g/mol. The van der Waals surface area contributed by atoms with Gasteiger partial charge in [-0.15, -0.1) is 0 Å². The molecule has 0 saturated carbocycles. The minimum Gasteiger partial charge on any atom is -0.467 e. The Labute approximate surface area is 203 Å². The van der Waals surface area contributed by atoms with E-state index in [1.54, 1.807) is 15.9 Å². The van der Waals surface area contributed by atoms with E-state index in [0.29, 0.717) is 36.2 Å². The van der Waals surface area contributed by atoms with E-state index in [1.807, 2.05) is 26.2 Å². The maximum absolute atomic E-state index is 12.8. The summed E-state index contributed by atoms with van der Waals surface area (Å²) in [6.45, 7) is 1.46. The van der Waals surface area contributed by atoms with E-state index in [4.69, 9.17) is 33.3 Å². The predicted octanol–water partition coefficient (Wildman–Crippen LogP) is 2.15. The summed E-state index contributed by atoms with van der Waals surface area (Å²) in [7, 11) is 4.95. The molecule has 0 spiro atoms. The third-order valence-corrected chi connectivity index (χ3v) is 6.62. The molecule has 0 unspecified atom stereocenters. The van der Waals surface area contributed by atoms with E-state index in [-0.39, 0.29) is 25.3 Å². The lowest BCUT2D eigenvalue weighted by Crippen LogP contribution is -2.41. The Morgan fingerprint density at radius 3 is 2.70 bits per heavy atom. The van der Waals surface area contributed by atoms with Crippen LogP contribution in [0.5, 0.6) is 0 Å². The highest BCUT2D eigenvalue weighted by Gasteiger charge is 2.42. The highest BCUT2D eigenvalue weighted by Crippen LogP contribution is 2.30. The van der Waals surface area contributed by atoms with Gasteiger partial charge in [0.2, 0.25) is 5.91 Å². The molecule has 11 heteroatoms. The largest absolute Gasteiger partial charge is 0.467 e. The van der Waals surface area contributed by atoms with Crippen molar-refractivity contribution in [2.24, 2.45) is 0 Å². The monoisotopic (exact) mass is 496 g/mol. The number of ether oxygens (including phenoxy) is 2. The topological polar surface area (TPSA) is 91.4 Å². The van der Waals surface area contributed by atoms with Gasteiger partial charge in [0, 0.05) is 45.0 Å². The Balaban J connectivity index is 1.55. The minimum atomic E-state index is -0.777. The quantitative estimate of drug-likeness (QED) is 0.364. The number of nitrogens with zero attached hydrogens (tertiary/aromatic N) is 3. The number of nitrogens with one attached hydrogen (secondary N) is 1. The molecule has 9 nitrogen and oxygen atoms in total. The van der Waals surface area contributed by atoms with Crippen molar-refractivity contribution in [2.75, 3.05) is 34.3 Å². The second-order valence-electron chi connectivity index (χ2n) is 8.29. The first kappa shape index (κ1) is 25.0. The number of halogens is 1. The normalized spacial score (nSPS) is 19.2. The van der Waals surface area contributed by atoms with Crippen LogP contribution in [-0.4, -0.2) is 84.2 Å². The van der Waals surface area contributed by atoms with Crippen LogP contribution in [0, 0.1) is 0 Å². The molecule has 180 valence electrons. The van der Waals surface area contributed by atoms with E-state index in [2.05, 4.69) is 5.32 Å². The molecule has 1 N–H and O–H groups in total. The van der Waals surface area contributed by atoms with Gasteiger partial charge < -0.3 is 24.6 Å². The van der Waals surface area contributed by atoms with Crippen molar-refractivity contribution in [3.63, 3.8) is 0 Å². The molecule has 1 fully saturated rings. The van der Waals surface area contributed by atoms with Gasteiger partial charge in [0.15, 0.2) is 5.11 Å². The number of fused-ring (bicyclic) bond motifs is 1. The van der Waals surface area contributed by atoms with Crippen molar-refractivity contribution in [2.45, 2.75) is 44.5 Å². The fraction of sp³-hybridized carbons (Fsp3) is 0.545. The number of benzene rings is 1. The summed E-state index contributed by atoms with van der Waals surface area (Å²) in [5, 5.41) is 4.27. The van der Waals surface area contributed by atoms with Gasteiger partial charge in [0.1, 0.15) is 12.1 Å². The zero-order chi connectivity index (χ0) is 24.1. The first-order valence-corrected chi connectivity index (χ1v) is 11.5. The van der Waals surface area contributed by atoms with Crippen LogP contribution in [-0.2, 0) is 32.2 Å². The average molecular weight is 497 g/mol. The van der Waals surface area contributed by atoms with E-state index in [1.165, 1.54) is 12.0 Å². The maximum Gasteiger partial charge on any atom is 0.410 e. The lowest BCUT2D eigenvalue weighted by atomic mass is 10.1. The summed E-state index contributed by atoms with van der Waals surface area (Å²) < 4.78 is 10.5. The first-order chi connectivity index (χ1) is 15.7. The first-order valence-electron chi connectivity index (χ1n) is 10.8. The zero-order valence-electron chi connectivity index (χ0n) is 19.0. The van der Waals surface area contributed by atoms with Crippen LogP contribution >= 0.6 is 23.8 Å². The molecule has 2 amide bonds. The highest BCUT2D eigenvalue weighted by atomic mass is 35.5. The van der Waals surface area contributed by atoms with Gasteiger partial charge in [-0.2, -0.15) is 0 Å². The number of methoxy groups -OCH3 is 1. The van der Waals surface area contributed by atoms with Crippen molar-refractivity contribution in [1.29, 1.82) is 0 Å². The number of likely N-dealkylation sites (tertiary alicyclic amines) is 1. The average Bonchev–Trinajstić information content (AvgIpc) is 3.41. The second kappa shape index (κ2) is 11.0. The molecule has 2 aliphatic heterocycles. The zero-order valence-corrected chi connectivity index (χ0v) is 20.6. The van der Waals surface area contributed by atoms with E-state index >= 15 is 0 Å². The van der Waals surface area contributed by atoms with Gasteiger partial charge in [0.25, 0.3) is 0 Å². The molecule has 2 heterocycles. The lowest BCUT2D eigenvalue weighted by molar-refractivity contribution is -0.151. The molecule has 2 aliphatic rings. The Bertz CT molecular complexity index is 928. The summed E-state index contributed by atoms with van der Waals surface area (Å²) in [6.07, 6.45) is -0.101. The number of rotatable bonds is 6. The Hall–Kier alpha value is -2.59. The van der Waals surface area contributed by atoms with Crippen LogP contribution in [0.3, 0.4) is 0 Å². The van der Waals surface area contributed by atoms with Crippen molar-refractivity contribution in [3.05, 3.63) is 34.3 Å². The number of thiocarbonyl (C=S) groups is 1. The van der Waals surface area contributed by atoms with Crippen LogP contribution in [0.15, 0.2) is 18.2 Å². The number of hydrogen-bond donors (Lipinski definition) is 1. The molecule has 0 aliphatic carbocycles. The Morgan fingerprint density at radius 2 is 2.03 bits per heavy atom. The van der Waals surface area contributed by atoms with Crippen LogP contribution in [0.25, 0.3) is 0 Å². The molecular formula is C22H29ClN4O5S. The van der Waals surface area contributed by atoms with Crippen LogP contribution < -0.4 is 5.32 Å². The van der Waals surface area contributed by atoms with Crippen molar-refractivity contribution >= 4 is 46.9 Å². The van der Waals surface area contributed by atoms with Gasteiger partial charge >= 0.3 is 12.1 Å². The Morgan fingerprint density at radius 1 is 1.27 bits per heavy atom. The molecule has 0 radical (unpaired) electrons. The van der Waals surface area contributed by atoms with Gasteiger partial charge in [-0.05, 0) is 35.8 Å². The fourth-order valence-corrected chi connectivity index (χ4v) is 4.34. The standard InChI is InChI=1S/C22H29ClN4O5S/c1-25(2)21(33)24-9-5-8-19(28)27-12-15(10-18(27)20(29)31-3)32-22(30)26-11-14-6-4-7-17(23)16(14)13-26/h4,6-7,15,18H,5,8-13H2,1-3H3,(H,24,33)/t15-,18+/m1/s1. The van der Waals surface area contributed by atoms with Crippen molar-refractivity contribution in [1.82, 2.24) is 20.0 Å². The third kappa shape index (κ3) is 6.05. The molecule has 1 aromatic carbocycles. The van der Waals surface area contributed by atoms with Crippen LogP contribution in [0.2, 0.25) is 5.02 Å². The molecule has 0 aromatic heterocycles. The molecule has 3 rings (SSSR count). The number of carbonyl (C=O) groups excluding carboxylic acids is 3. The van der Waals surface area contributed by atoms with Gasteiger partial charge in [-0.3, -0.25) is 9.69 Å². The summed E-state index contributed by atoms with van der Waals surface area (Å²) in [5.41, 5.74) is 1.90. The van der Waals surface area contributed by atoms with Crippen LogP contribution in [0.1, 0.15) is 30.4 Å². The predicted molar refractivity (Wildman–Crippen MR) is 127 cm³/mol. The van der Waals surface area contributed by atoms with Gasteiger partial charge in [0.05, 0.1) is 20.2 Å². The van der Waals surface area contributed by atoms with E-state index in [9.17, 15) is 14.4 Å². The lowest BCUT2D eigenvalue weighted by Gasteiger charge is -2.23. The maximum atomic E-state index is 12.8. The van der Waals surface area contributed by atoms with Gasteiger partial charge in [-0.1, -0.05) is 23.7 Å². The van der Waals surface area contributed by atoms with E-state index in [0.717, 1.165) is 11.1 Å². The van der Waals surface area contributed by atoms with E-state index < -0.39 is 24.2 Å². The third-order valence-electron chi connectivity index (χ3n) is 5.76. The molecule has 2 atom stereocenters. The number of amides is 2. The highest BCUT2D eigenvalue weighted by molar-refractivity contribution is 7.80. The second-order valence-corrected chi connectivity index (χ2v) is 9.08. The SMILES string of the molecule is COC(=O)[C@@H]1C[C@@H](OC(=O)N2Cc3cccc(Cl)c3C2)CN1C(=O)CCCNC(=S)N(C)C. The Kier molecular flexibility index (Phi) is 8.36. The van der Waals surface area contributed by atoms with Crippen molar-refractivity contribution in [3.8, 4) is 0 Å². The minimum absolute atomic E-state index is 0.148. The summed E-state index contributed by atoms with van der Waals surface area (Å²) >= 11 is 11.4. The molecule has 0 bridgehead atoms.